The largest absolute Gasteiger partial charge is 0.383 e. The average Bonchev–Trinajstić information content (AvgIpc) is 2.55. The third-order valence-electron chi connectivity index (χ3n) is 4.04. The van der Waals surface area contributed by atoms with Gasteiger partial charge in [0.05, 0.1) is 19.6 Å². The van der Waals surface area contributed by atoms with Gasteiger partial charge in [0, 0.05) is 25.2 Å². The maximum Gasteiger partial charge on any atom is 0.259 e. The molecule has 132 valence electrons. The zero-order valence-corrected chi connectivity index (χ0v) is 14.4. The van der Waals surface area contributed by atoms with Crippen molar-refractivity contribution < 1.29 is 18.7 Å². The third-order valence-corrected chi connectivity index (χ3v) is 4.27. The maximum absolute atomic E-state index is 14.9. The van der Waals surface area contributed by atoms with Crippen LogP contribution in [-0.4, -0.2) is 55.7 Å². The number of methoxy groups -OCH3 is 1. The van der Waals surface area contributed by atoms with Gasteiger partial charge in [-0.25, -0.2) is 4.39 Å². The molecule has 24 heavy (non-hydrogen) atoms. The first-order chi connectivity index (χ1) is 11.4. The highest BCUT2D eigenvalue weighted by atomic mass is 35.5. The molecule has 0 spiro atoms. The predicted molar refractivity (Wildman–Crippen MR) is 89.7 cm³/mol. The number of rotatable bonds is 6. The van der Waals surface area contributed by atoms with Crippen molar-refractivity contribution in [1.29, 1.82) is 0 Å². The highest BCUT2D eigenvalue weighted by Crippen LogP contribution is 2.26. The first-order valence-electron chi connectivity index (χ1n) is 7.93. The minimum atomic E-state index is -2.05. The number of alkyl halides is 1. The van der Waals surface area contributed by atoms with Crippen molar-refractivity contribution in [1.82, 2.24) is 10.2 Å². The molecule has 0 aromatic heterocycles. The molecule has 1 saturated heterocycles. The number of hydrogen-bond donors (Lipinski definition) is 1. The van der Waals surface area contributed by atoms with Gasteiger partial charge in [-0.3, -0.25) is 9.59 Å². The van der Waals surface area contributed by atoms with Crippen LogP contribution in [0.15, 0.2) is 24.3 Å². The Labute approximate surface area is 146 Å². The van der Waals surface area contributed by atoms with Gasteiger partial charge >= 0.3 is 0 Å². The second-order valence-corrected chi connectivity index (χ2v) is 6.38. The van der Waals surface area contributed by atoms with Crippen molar-refractivity contribution in [2.75, 3.05) is 33.4 Å². The molecule has 5 nitrogen and oxygen atoms in total. The molecule has 7 heteroatoms. The standard InChI is InChI=1S/C17H22ClFN2O3/c1-24-9-7-20-16(23)17(19)6-3-8-21(12-17)15(22)11-13-4-2-5-14(18)10-13/h2,4-5,10H,3,6-9,11-12H2,1H3,(H,20,23). The first kappa shape index (κ1) is 18.7. The van der Waals surface area contributed by atoms with Gasteiger partial charge < -0.3 is 15.0 Å². The van der Waals surface area contributed by atoms with E-state index in [1.165, 1.54) is 12.0 Å². The van der Waals surface area contributed by atoms with Crippen molar-refractivity contribution in [3.05, 3.63) is 34.9 Å². The number of amides is 2. The molecule has 1 unspecified atom stereocenters. The molecule has 1 aliphatic rings. The zero-order valence-electron chi connectivity index (χ0n) is 13.7. The summed E-state index contributed by atoms with van der Waals surface area (Å²) in [7, 11) is 1.51. The molecule has 0 saturated carbocycles. The quantitative estimate of drug-likeness (QED) is 0.793. The molecule has 1 fully saturated rings. The van der Waals surface area contributed by atoms with E-state index in [9.17, 15) is 14.0 Å². The Morgan fingerprint density at radius 1 is 1.46 bits per heavy atom. The van der Waals surface area contributed by atoms with E-state index in [1.54, 1.807) is 24.3 Å². The predicted octanol–water partition coefficient (Wildman–Crippen LogP) is 1.98. The van der Waals surface area contributed by atoms with Crippen molar-refractivity contribution >= 4 is 23.4 Å². The number of carbonyl (C=O) groups excluding carboxylic acids is 2. The topological polar surface area (TPSA) is 58.6 Å². The number of ether oxygens (including phenoxy) is 1. The fourth-order valence-corrected chi connectivity index (χ4v) is 2.98. The smallest absolute Gasteiger partial charge is 0.259 e. The molecule has 0 radical (unpaired) electrons. The monoisotopic (exact) mass is 356 g/mol. The van der Waals surface area contributed by atoms with Crippen LogP contribution in [0.4, 0.5) is 4.39 Å². The lowest BCUT2D eigenvalue weighted by Crippen LogP contribution is -2.56. The minimum absolute atomic E-state index is 0.118. The summed E-state index contributed by atoms with van der Waals surface area (Å²) in [5.41, 5.74) is -1.28. The molecule has 1 aliphatic heterocycles. The van der Waals surface area contributed by atoms with Crippen LogP contribution in [0.1, 0.15) is 18.4 Å². The molecule has 1 atom stereocenters. The van der Waals surface area contributed by atoms with E-state index in [0.717, 1.165) is 5.56 Å². The first-order valence-corrected chi connectivity index (χ1v) is 8.31. The maximum atomic E-state index is 14.9. The highest BCUT2D eigenvalue weighted by molar-refractivity contribution is 6.30. The second kappa shape index (κ2) is 8.44. The van der Waals surface area contributed by atoms with Gasteiger partial charge in [-0.2, -0.15) is 0 Å². The second-order valence-electron chi connectivity index (χ2n) is 5.94. The van der Waals surface area contributed by atoms with E-state index < -0.39 is 11.6 Å². The summed E-state index contributed by atoms with van der Waals surface area (Å²) in [6.45, 7) is 0.804. The SMILES string of the molecule is COCCNC(=O)C1(F)CCCN(C(=O)Cc2cccc(Cl)c2)C1. The van der Waals surface area contributed by atoms with Gasteiger partial charge in [0.25, 0.3) is 5.91 Å². The van der Waals surface area contributed by atoms with Crippen molar-refractivity contribution in [3.63, 3.8) is 0 Å². The van der Waals surface area contributed by atoms with E-state index >= 15 is 0 Å². The molecule has 1 aromatic carbocycles. The zero-order chi connectivity index (χ0) is 17.6. The molecule has 2 amide bonds. The van der Waals surface area contributed by atoms with E-state index in [0.29, 0.717) is 24.6 Å². The van der Waals surface area contributed by atoms with E-state index in [2.05, 4.69) is 5.32 Å². The number of benzene rings is 1. The molecular formula is C17H22ClFN2O3. The van der Waals surface area contributed by atoms with E-state index in [4.69, 9.17) is 16.3 Å². The molecule has 1 N–H and O–H groups in total. The van der Waals surface area contributed by atoms with Gasteiger partial charge in [-0.05, 0) is 30.5 Å². The van der Waals surface area contributed by atoms with Crippen molar-refractivity contribution in [3.8, 4) is 0 Å². The summed E-state index contributed by atoms with van der Waals surface area (Å²) >= 11 is 5.91. The van der Waals surface area contributed by atoms with Gasteiger partial charge in [-0.1, -0.05) is 23.7 Å². The van der Waals surface area contributed by atoms with Gasteiger partial charge in [-0.15, -0.1) is 0 Å². The lowest BCUT2D eigenvalue weighted by atomic mass is 9.93. The highest BCUT2D eigenvalue weighted by Gasteiger charge is 2.43. The summed E-state index contributed by atoms with van der Waals surface area (Å²) in [5, 5.41) is 3.07. The van der Waals surface area contributed by atoms with Gasteiger partial charge in [0.1, 0.15) is 0 Å². The summed E-state index contributed by atoms with van der Waals surface area (Å²) in [5.74, 6) is -0.886. The Balaban J connectivity index is 1.96. The summed E-state index contributed by atoms with van der Waals surface area (Å²) in [6.07, 6.45) is 0.712. The van der Waals surface area contributed by atoms with E-state index in [1.807, 2.05) is 0 Å². The number of piperidine rings is 1. The van der Waals surface area contributed by atoms with Crippen molar-refractivity contribution in [2.24, 2.45) is 0 Å². The fourth-order valence-electron chi connectivity index (χ4n) is 2.77. The van der Waals surface area contributed by atoms with Gasteiger partial charge in [0.2, 0.25) is 11.6 Å². The van der Waals surface area contributed by atoms with Crippen LogP contribution in [0.25, 0.3) is 0 Å². The number of nitrogens with one attached hydrogen (secondary N) is 1. The number of halogens is 2. The van der Waals surface area contributed by atoms with Crippen LogP contribution in [0.3, 0.4) is 0 Å². The number of likely N-dealkylation sites (tertiary alicyclic amines) is 1. The summed E-state index contributed by atoms with van der Waals surface area (Å²) < 4.78 is 19.8. The number of carbonyl (C=O) groups is 2. The van der Waals surface area contributed by atoms with Crippen LogP contribution >= 0.6 is 11.6 Å². The lowest BCUT2D eigenvalue weighted by Gasteiger charge is -2.36. The Bertz CT molecular complexity index is 599. The molecule has 1 heterocycles. The normalized spacial score (nSPS) is 20.7. The molecule has 0 bridgehead atoms. The Kier molecular flexibility index (Phi) is 6.57. The van der Waals surface area contributed by atoms with E-state index in [-0.39, 0.29) is 31.8 Å². The van der Waals surface area contributed by atoms with Crippen LogP contribution < -0.4 is 5.32 Å². The molecule has 0 aliphatic carbocycles. The average molecular weight is 357 g/mol. The van der Waals surface area contributed by atoms with Crippen LogP contribution in [0.5, 0.6) is 0 Å². The lowest BCUT2D eigenvalue weighted by molar-refractivity contribution is -0.143. The summed E-state index contributed by atoms with van der Waals surface area (Å²) in [6, 6.07) is 7.01. The third kappa shape index (κ3) is 4.92. The Hall–Kier alpha value is -1.66. The molecule has 2 rings (SSSR count). The number of nitrogens with zero attached hydrogens (tertiary/aromatic N) is 1. The van der Waals surface area contributed by atoms with Crippen LogP contribution in [0.2, 0.25) is 5.02 Å². The minimum Gasteiger partial charge on any atom is -0.383 e. The fraction of sp³-hybridized carbons (Fsp3) is 0.529. The number of hydrogen-bond acceptors (Lipinski definition) is 3. The van der Waals surface area contributed by atoms with Gasteiger partial charge in [0.15, 0.2) is 0 Å². The summed E-state index contributed by atoms with van der Waals surface area (Å²) in [4.78, 5) is 25.9. The molecule has 1 aromatic rings. The van der Waals surface area contributed by atoms with Crippen LogP contribution in [0, 0.1) is 0 Å². The van der Waals surface area contributed by atoms with Crippen LogP contribution in [-0.2, 0) is 20.7 Å². The Morgan fingerprint density at radius 3 is 2.96 bits per heavy atom. The van der Waals surface area contributed by atoms with Crippen molar-refractivity contribution in [2.45, 2.75) is 24.9 Å². The Morgan fingerprint density at radius 2 is 2.25 bits per heavy atom. The molecular weight excluding hydrogens is 335 g/mol.